The molecule has 136 valence electrons. The molecule has 4 nitrogen and oxygen atoms in total. The third-order valence-electron chi connectivity index (χ3n) is 3.37. The van der Waals surface area contributed by atoms with Gasteiger partial charge in [0, 0.05) is 17.4 Å². The van der Waals surface area contributed by atoms with Gasteiger partial charge in [0.05, 0.1) is 11.6 Å². The third kappa shape index (κ3) is 6.81. The van der Waals surface area contributed by atoms with Crippen molar-refractivity contribution in [2.45, 2.75) is 26.2 Å². The van der Waals surface area contributed by atoms with Crippen molar-refractivity contribution in [2.24, 2.45) is 0 Å². The number of anilines is 1. The van der Waals surface area contributed by atoms with E-state index in [9.17, 15) is 4.57 Å². The Kier molecular flexibility index (Phi) is 7.49. The number of halogens is 2. The van der Waals surface area contributed by atoms with Crippen LogP contribution in [0.25, 0.3) is 0 Å². The summed E-state index contributed by atoms with van der Waals surface area (Å²) in [4.78, 5) is 0. The van der Waals surface area contributed by atoms with Gasteiger partial charge in [-0.25, -0.2) is 0 Å². The molecule has 0 amide bonds. The molecule has 25 heavy (non-hydrogen) atoms. The fourth-order valence-electron chi connectivity index (χ4n) is 2.16. The van der Waals surface area contributed by atoms with E-state index in [0.717, 1.165) is 25.0 Å². The number of hydrogen-bond acceptors (Lipinski definition) is 3. The van der Waals surface area contributed by atoms with Gasteiger partial charge in [0.1, 0.15) is 11.5 Å². The van der Waals surface area contributed by atoms with Crippen LogP contribution in [-0.4, -0.2) is 13.3 Å². The van der Waals surface area contributed by atoms with Gasteiger partial charge in [-0.05, 0) is 48.9 Å². The van der Waals surface area contributed by atoms with Gasteiger partial charge in [0.2, 0.25) is 0 Å². The van der Waals surface area contributed by atoms with Gasteiger partial charge in [-0.1, -0.05) is 43.0 Å². The highest BCUT2D eigenvalue weighted by Gasteiger charge is 2.19. The molecule has 0 aliphatic carbocycles. The van der Waals surface area contributed by atoms with E-state index in [-0.39, 0.29) is 0 Å². The Hall–Kier alpha value is -1.35. The predicted molar refractivity (Wildman–Crippen MR) is 106 cm³/mol. The molecule has 2 rings (SSSR count). The molecular weight excluding hydrogens is 380 g/mol. The molecule has 0 aliphatic heterocycles. The topological polar surface area (TPSA) is 47.6 Å². The molecule has 0 aliphatic rings. The predicted octanol–water partition coefficient (Wildman–Crippen LogP) is 6.88. The van der Waals surface area contributed by atoms with E-state index in [1.54, 1.807) is 30.3 Å². The van der Waals surface area contributed by atoms with Crippen LogP contribution in [0.4, 0.5) is 5.69 Å². The number of benzene rings is 2. The molecule has 1 atom stereocenters. The van der Waals surface area contributed by atoms with Crippen molar-refractivity contribution in [3.8, 4) is 11.5 Å². The molecule has 2 aromatic carbocycles. The van der Waals surface area contributed by atoms with Gasteiger partial charge in [-0.15, -0.1) is 0 Å². The van der Waals surface area contributed by atoms with Gasteiger partial charge in [0.15, 0.2) is 0 Å². The molecule has 0 saturated heterocycles. The smallest absolute Gasteiger partial charge is 0.338 e. The average Bonchev–Trinajstić information content (AvgIpc) is 2.55. The molecule has 7 heteroatoms. The Balaban J connectivity index is 1.94. The fourth-order valence-corrected chi connectivity index (χ4v) is 3.86. The number of ether oxygens (including phenoxy) is 1. The van der Waals surface area contributed by atoms with Crippen molar-refractivity contribution >= 4 is 36.4 Å². The van der Waals surface area contributed by atoms with Crippen LogP contribution >= 0.6 is 30.7 Å². The molecule has 0 radical (unpaired) electrons. The van der Waals surface area contributed by atoms with Crippen molar-refractivity contribution in [3.05, 3.63) is 52.5 Å². The first-order valence-corrected chi connectivity index (χ1v) is 11.0. The molecular formula is C18H22Cl2NO3P. The summed E-state index contributed by atoms with van der Waals surface area (Å²) in [6.45, 7) is 4.35. The van der Waals surface area contributed by atoms with Crippen LogP contribution in [0.5, 0.6) is 11.5 Å². The van der Waals surface area contributed by atoms with Crippen LogP contribution < -0.4 is 14.3 Å². The van der Waals surface area contributed by atoms with Crippen molar-refractivity contribution in [1.82, 2.24) is 0 Å². The lowest BCUT2D eigenvalue weighted by atomic mass is 10.2. The normalized spacial score (nSPS) is 13.1. The second kappa shape index (κ2) is 9.38. The van der Waals surface area contributed by atoms with Gasteiger partial charge in [-0.2, -0.15) is 0 Å². The first kappa shape index (κ1) is 20.0. The SMILES string of the molecule is CCCCCOc1ccc(NP(C)(=O)Oc2ccc(Cl)cc2Cl)cc1. The van der Waals surface area contributed by atoms with Gasteiger partial charge in [-0.3, -0.25) is 4.57 Å². The lowest BCUT2D eigenvalue weighted by Crippen LogP contribution is -2.03. The minimum Gasteiger partial charge on any atom is -0.494 e. The van der Waals surface area contributed by atoms with Gasteiger partial charge >= 0.3 is 7.52 Å². The summed E-state index contributed by atoms with van der Waals surface area (Å²) >= 11 is 11.9. The Morgan fingerprint density at radius 1 is 1.08 bits per heavy atom. The monoisotopic (exact) mass is 401 g/mol. The molecule has 1 N–H and O–H groups in total. The van der Waals surface area contributed by atoms with E-state index >= 15 is 0 Å². The third-order valence-corrected chi connectivity index (χ3v) is 5.11. The Morgan fingerprint density at radius 2 is 1.80 bits per heavy atom. The minimum atomic E-state index is -3.14. The average molecular weight is 402 g/mol. The highest BCUT2D eigenvalue weighted by atomic mass is 35.5. The van der Waals surface area contributed by atoms with Crippen LogP contribution in [0.1, 0.15) is 26.2 Å². The van der Waals surface area contributed by atoms with Crippen molar-refractivity contribution in [3.63, 3.8) is 0 Å². The van der Waals surface area contributed by atoms with E-state index in [0.29, 0.717) is 28.1 Å². The molecule has 0 bridgehead atoms. The zero-order chi connectivity index (χ0) is 18.3. The summed E-state index contributed by atoms with van der Waals surface area (Å²) in [5.74, 6) is 1.11. The highest BCUT2D eigenvalue weighted by molar-refractivity contribution is 7.60. The van der Waals surface area contributed by atoms with E-state index in [4.69, 9.17) is 32.5 Å². The van der Waals surface area contributed by atoms with Crippen LogP contribution in [0.15, 0.2) is 42.5 Å². The number of nitrogens with one attached hydrogen (secondary N) is 1. The Morgan fingerprint density at radius 3 is 2.44 bits per heavy atom. The summed E-state index contributed by atoms with van der Waals surface area (Å²) in [7, 11) is -3.14. The summed E-state index contributed by atoms with van der Waals surface area (Å²) < 4.78 is 23.9. The summed E-state index contributed by atoms with van der Waals surface area (Å²) in [5.41, 5.74) is 0.678. The second-order valence-corrected chi connectivity index (χ2v) is 8.65. The standard InChI is InChI=1S/C18H22Cl2NO3P/c1-3-4-5-12-23-16-9-7-15(8-10-16)21-25(2,22)24-18-11-6-14(19)13-17(18)20/h6-11,13H,3-5,12H2,1-2H3,(H,21,22). The highest BCUT2D eigenvalue weighted by Crippen LogP contribution is 2.45. The maximum atomic E-state index is 12.7. The van der Waals surface area contributed by atoms with Gasteiger partial charge < -0.3 is 14.3 Å². The molecule has 0 heterocycles. The number of hydrogen-bond donors (Lipinski definition) is 1. The summed E-state index contributed by atoms with van der Waals surface area (Å²) in [6, 6.07) is 12.1. The summed E-state index contributed by atoms with van der Waals surface area (Å²) in [6.07, 6.45) is 3.36. The van der Waals surface area contributed by atoms with Gasteiger partial charge in [0.25, 0.3) is 0 Å². The lowest BCUT2D eigenvalue weighted by molar-refractivity contribution is 0.306. The molecule has 0 aromatic heterocycles. The number of unbranched alkanes of at least 4 members (excludes halogenated alkanes) is 2. The fraction of sp³-hybridized carbons (Fsp3) is 0.333. The van der Waals surface area contributed by atoms with E-state index in [1.165, 1.54) is 6.66 Å². The maximum Gasteiger partial charge on any atom is 0.338 e. The zero-order valence-corrected chi connectivity index (χ0v) is 16.7. The van der Waals surface area contributed by atoms with E-state index < -0.39 is 7.52 Å². The summed E-state index contributed by atoms with van der Waals surface area (Å²) in [5, 5.41) is 3.70. The van der Waals surface area contributed by atoms with E-state index in [2.05, 4.69) is 12.0 Å². The Bertz CT molecular complexity index is 738. The van der Waals surface area contributed by atoms with E-state index in [1.807, 2.05) is 12.1 Å². The van der Waals surface area contributed by atoms with Crippen LogP contribution in [0.3, 0.4) is 0 Å². The zero-order valence-electron chi connectivity index (χ0n) is 14.3. The van der Waals surface area contributed by atoms with Crippen molar-refractivity contribution in [2.75, 3.05) is 18.4 Å². The molecule has 0 fully saturated rings. The molecule has 0 spiro atoms. The van der Waals surface area contributed by atoms with Crippen LogP contribution in [0.2, 0.25) is 10.0 Å². The van der Waals surface area contributed by atoms with Crippen LogP contribution in [-0.2, 0) is 4.57 Å². The van der Waals surface area contributed by atoms with Crippen molar-refractivity contribution in [1.29, 1.82) is 0 Å². The van der Waals surface area contributed by atoms with Crippen LogP contribution in [0, 0.1) is 0 Å². The second-order valence-electron chi connectivity index (χ2n) is 5.70. The van der Waals surface area contributed by atoms with Crippen molar-refractivity contribution < 1.29 is 13.8 Å². The molecule has 1 unspecified atom stereocenters. The molecule has 0 saturated carbocycles. The Labute approximate surface area is 158 Å². The number of rotatable bonds is 9. The largest absolute Gasteiger partial charge is 0.494 e. The molecule has 2 aromatic rings. The quantitative estimate of drug-likeness (QED) is 0.367. The first-order valence-electron chi connectivity index (χ1n) is 8.13. The lowest BCUT2D eigenvalue weighted by Gasteiger charge is -2.18. The maximum absolute atomic E-state index is 12.7. The first-order chi connectivity index (χ1) is 11.9. The minimum absolute atomic E-state index is 0.312.